The van der Waals surface area contributed by atoms with Crippen LogP contribution in [0.25, 0.3) is 0 Å². The highest BCUT2D eigenvalue weighted by atomic mass is 79.9. The number of H-pyrrole nitrogens is 1. The van der Waals surface area contributed by atoms with Crippen LogP contribution >= 0.6 is 15.9 Å². The Kier molecular flexibility index (Phi) is 3.96. The number of carboxylic acids is 1. The molecule has 0 fully saturated rings. The number of carbonyl (C=O) groups is 2. The number of aromatic nitrogens is 2. The number of halogens is 1. The second-order valence-corrected chi connectivity index (χ2v) is 4.63. The average molecular weight is 324 g/mol. The highest BCUT2D eigenvalue weighted by Gasteiger charge is 2.15. The smallest absolute Gasteiger partial charge is 0.337 e. The Hall–Kier alpha value is -2.15. The van der Waals surface area contributed by atoms with Crippen LogP contribution in [0.5, 0.6) is 0 Å². The van der Waals surface area contributed by atoms with Crippen LogP contribution in [-0.2, 0) is 11.2 Å². The molecule has 6 nitrogen and oxygen atoms in total. The zero-order valence-corrected chi connectivity index (χ0v) is 11.3. The van der Waals surface area contributed by atoms with E-state index in [0.29, 0.717) is 10.2 Å². The third-order valence-corrected chi connectivity index (χ3v) is 3.08. The molecular formula is C12H10BrN3O3. The molecule has 0 saturated heterocycles. The van der Waals surface area contributed by atoms with Crippen molar-refractivity contribution in [1.29, 1.82) is 0 Å². The number of aromatic carboxylic acids is 1. The zero-order chi connectivity index (χ0) is 13.8. The summed E-state index contributed by atoms with van der Waals surface area (Å²) in [6.07, 6.45) is 1.64. The number of rotatable bonds is 4. The van der Waals surface area contributed by atoms with Crippen LogP contribution in [0.1, 0.15) is 16.1 Å². The molecule has 19 heavy (non-hydrogen) atoms. The van der Waals surface area contributed by atoms with Gasteiger partial charge in [-0.05, 0) is 34.1 Å². The van der Waals surface area contributed by atoms with Crippen molar-refractivity contribution in [2.75, 3.05) is 5.32 Å². The Bertz CT molecular complexity index is 611. The fraction of sp³-hybridized carbons (Fsp3) is 0.0833. The Labute approximate surface area is 117 Å². The number of benzene rings is 1. The number of anilines is 1. The van der Waals surface area contributed by atoms with Gasteiger partial charge < -0.3 is 10.4 Å². The molecule has 1 aromatic heterocycles. The van der Waals surface area contributed by atoms with Crippen LogP contribution in [0, 0.1) is 0 Å². The molecular weight excluding hydrogens is 314 g/mol. The molecule has 0 saturated carbocycles. The maximum atomic E-state index is 11.8. The summed E-state index contributed by atoms with van der Waals surface area (Å²) in [6.45, 7) is 0. The molecule has 1 amide bonds. The lowest BCUT2D eigenvalue weighted by Gasteiger charge is -2.10. The van der Waals surface area contributed by atoms with Gasteiger partial charge in [-0.15, -0.1) is 0 Å². The predicted octanol–water partition coefficient (Wildman–Crippen LogP) is 2.05. The highest BCUT2D eigenvalue weighted by Crippen LogP contribution is 2.26. The van der Waals surface area contributed by atoms with Crippen LogP contribution < -0.4 is 5.32 Å². The Morgan fingerprint density at radius 2 is 2.16 bits per heavy atom. The molecule has 0 unspecified atom stereocenters. The molecule has 0 aliphatic carbocycles. The van der Waals surface area contributed by atoms with Crippen molar-refractivity contribution >= 4 is 33.5 Å². The Balaban J connectivity index is 2.19. The predicted molar refractivity (Wildman–Crippen MR) is 72.0 cm³/mol. The number of aromatic amines is 1. The molecule has 98 valence electrons. The largest absolute Gasteiger partial charge is 0.478 e. The molecule has 0 aliphatic heterocycles. The van der Waals surface area contributed by atoms with Gasteiger partial charge in [-0.2, -0.15) is 5.10 Å². The topological polar surface area (TPSA) is 95.1 Å². The number of carbonyl (C=O) groups excluding carboxylic acids is 1. The van der Waals surface area contributed by atoms with Gasteiger partial charge in [-0.3, -0.25) is 9.89 Å². The molecule has 0 spiro atoms. The first-order valence-corrected chi connectivity index (χ1v) is 6.17. The molecule has 1 aromatic carbocycles. The van der Waals surface area contributed by atoms with Crippen molar-refractivity contribution in [2.45, 2.75) is 6.42 Å². The van der Waals surface area contributed by atoms with E-state index < -0.39 is 5.97 Å². The average Bonchev–Trinajstić information content (AvgIpc) is 2.84. The summed E-state index contributed by atoms with van der Waals surface area (Å²) >= 11 is 3.22. The normalized spacial score (nSPS) is 10.2. The summed E-state index contributed by atoms with van der Waals surface area (Å²) in [5, 5.41) is 18.1. The first kappa shape index (κ1) is 13.3. The standard InChI is InChI=1S/C12H10BrN3O3/c13-9-3-1-2-8(12(18)19)11(9)15-10(17)6-7-4-5-14-16-7/h1-5H,6H2,(H,14,16)(H,15,17)(H,18,19). The molecule has 0 aliphatic rings. The molecule has 2 rings (SSSR count). The lowest BCUT2D eigenvalue weighted by molar-refractivity contribution is -0.115. The van der Waals surface area contributed by atoms with Gasteiger partial charge in [0.05, 0.1) is 17.7 Å². The van der Waals surface area contributed by atoms with Crippen LogP contribution in [0.4, 0.5) is 5.69 Å². The van der Waals surface area contributed by atoms with E-state index >= 15 is 0 Å². The summed E-state index contributed by atoms with van der Waals surface area (Å²) in [4.78, 5) is 22.9. The maximum absolute atomic E-state index is 11.8. The number of amides is 1. The van der Waals surface area contributed by atoms with Gasteiger partial charge in [0, 0.05) is 16.4 Å². The van der Waals surface area contributed by atoms with E-state index in [9.17, 15) is 9.59 Å². The molecule has 7 heteroatoms. The van der Waals surface area contributed by atoms with E-state index in [1.165, 1.54) is 6.07 Å². The third-order valence-electron chi connectivity index (χ3n) is 2.42. The number of hydrogen-bond donors (Lipinski definition) is 3. The Morgan fingerprint density at radius 3 is 2.79 bits per heavy atom. The number of hydrogen-bond acceptors (Lipinski definition) is 3. The first-order valence-electron chi connectivity index (χ1n) is 5.38. The highest BCUT2D eigenvalue weighted by molar-refractivity contribution is 9.10. The van der Waals surface area contributed by atoms with Gasteiger partial charge in [-0.25, -0.2) is 4.79 Å². The first-order chi connectivity index (χ1) is 9.08. The van der Waals surface area contributed by atoms with Gasteiger partial charge in [0.25, 0.3) is 0 Å². The van der Waals surface area contributed by atoms with E-state index in [1.54, 1.807) is 24.4 Å². The minimum atomic E-state index is -1.10. The van der Waals surface area contributed by atoms with Gasteiger partial charge in [0.2, 0.25) is 5.91 Å². The lowest BCUT2D eigenvalue weighted by atomic mass is 10.1. The number of para-hydroxylation sites is 1. The van der Waals surface area contributed by atoms with E-state index in [2.05, 4.69) is 31.4 Å². The molecule has 3 N–H and O–H groups in total. The minimum Gasteiger partial charge on any atom is -0.478 e. The van der Waals surface area contributed by atoms with Crippen molar-refractivity contribution in [3.05, 3.63) is 46.2 Å². The van der Waals surface area contributed by atoms with Crippen molar-refractivity contribution in [3.63, 3.8) is 0 Å². The quantitative estimate of drug-likeness (QED) is 0.802. The van der Waals surface area contributed by atoms with E-state index in [0.717, 1.165) is 0 Å². The number of nitrogens with zero attached hydrogens (tertiary/aromatic N) is 1. The third kappa shape index (κ3) is 3.19. The molecule has 0 atom stereocenters. The van der Waals surface area contributed by atoms with E-state index in [1.807, 2.05) is 0 Å². The second-order valence-electron chi connectivity index (χ2n) is 3.77. The summed E-state index contributed by atoms with van der Waals surface area (Å²) in [6, 6.07) is 6.37. The van der Waals surface area contributed by atoms with Gasteiger partial charge >= 0.3 is 5.97 Å². The monoisotopic (exact) mass is 323 g/mol. The van der Waals surface area contributed by atoms with Gasteiger partial charge in [0.1, 0.15) is 0 Å². The molecule has 0 radical (unpaired) electrons. The SMILES string of the molecule is O=C(Cc1ccn[nH]1)Nc1c(Br)cccc1C(=O)O. The maximum Gasteiger partial charge on any atom is 0.337 e. The molecule has 2 aromatic rings. The van der Waals surface area contributed by atoms with Crippen LogP contribution in [0.15, 0.2) is 34.9 Å². The van der Waals surface area contributed by atoms with Crippen LogP contribution in [-0.4, -0.2) is 27.2 Å². The number of carboxylic acid groups (broad SMARTS) is 1. The molecule has 1 heterocycles. The number of nitrogens with one attached hydrogen (secondary N) is 2. The summed E-state index contributed by atoms with van der Waals surface area (Å²) in [7, 11) is 0. The molecule has 0 bridgehead atoms. The summed E-state index contributed by atoms with van der Waals surface area (Å²) in [5.41, 5.74) is 0.938. The lowest BCUT2D eigenvalue weighted by Crippen LogP contribution is -2.17. The van der Waals surface area contributed by atoms with Crippen LogP contribution in [0.2, 0.25) is 0 Å². The van der Waals surface area contributed by atoms with Crippen molar-refractivity contribution in [3.8, 4) is 0 Å². The fourth-order valence-electron chi connectivity index (χ4n) is 1.57. The van der Waals surface area contributed by atoms with Gasteiger partial charge in [-0.1, -0.05) is 6.07 Å². The summed E-state index contributed by atoms with van der Waals surface area (Å²) < 4.78 is 0.519. The zero-order valence-electron chi connectivity index (χ0n) is 9.68. The van der Waals surface area contributed by atoms with Crippen LogP contribution in [0.3, 0.4) is 0 Å². The van der Waals surface area contributed by atoms with E-state index in [4.69, 9.17) is 5.11 Å². The van der Waals surface area contributed by atoms with Crippen molar-refractivity contribution in [2.24, 2.45) is 0 Å². The van der Waals surface area contributed by atoms with Gasteiger partial charge in [0.15, 0.2) is 0 Å². The van der Waals surface area contributed by atoms with Crippen molar-refractivity contribution < 1.29 is 14.7 Å². The second kappa shape index (κ2) is 5.66. The minimum absolute atomic E-state index is 0.0346. The van der Waals surface area contributed by atoms with Crippen molar-refractivity contribution in [1.82, 2.24) is 10.2 Å². The Morgan fingerprint density at radius 1 is 1.37 bits per heavy atom. The summed E-state index contributed by atoms with van der Waals surface area (Å²) in [5.74, 6) is -1.42. The fourth-order valence-corrected chi connectivity index (χ4v) is 2.03. The van der Waals surface area contributed by atoms with E-state index in [-0.39, 0.29) is 23.6 Å².